The van der Waals surface area contributed by atoms with Gasteiger partial charge in [-0.2, -0.15) is 0 Å². The van der Waals surface area contributed by atoms with Crippen molar-refractivity contribution >= 4 is 5.91 Å². The maximum Gasteiger partial charge on any atom is 0.237 e. The summed E-state index contributed by atoms with van der Waals surface area (Å²) in [6.45, 7) is 3.99. The van der Waals surface area contributed by atoms with E-state index in [1.807, 2.05) is 12.1 Å². The first kappa shape index (κ1) is 18.2. The molecule has 1 atom stereocenters. The summed E-state index contributed by atoms with van der Waals surface area (Å²) in [5, 5.41) is 0. The third-order valence-corrected chi connectivity index (χ3v) is 6.38. The van der Waals surface area contributed by atoms with Crippen LogP contribution in [0.3, 0.4) is 0 Å². The highest BCUT2D eigenvalue weighted by Gasteiger charge is 2.46. The van der Waals surface area contributed by atoms with Gasteiger partial charge >= 0.3 is 0 Å². The van der Waals surface area contributed by atoms with Crippen LogP contribution in [0.15, 0.2) is 60.7 Å². The molecule has 2 aliphatic rings. The van der Waals surface area contributed by atoms with Crippen LogP contribution in [0, 0.1) is 5.92 Å². The van der Waals surface area contributed by atoms with E-state index in [1.54, 1.807) is 0 Å². The monoisotopic (exact) mass is 362 g/mol. The van der Waals surface area contributed by atoms with Crippen LogP contribution < -0.4 is 0 Å². The van der Waals surface area contributed by atoms with E-state index in [4.69, 9.17) is 0 Å². The van der Waals surface area contributed by atoms with Gasteiger partial charge in [0.25, 0.3) is 0 Å². The van der Waals surface area contributed by atoms with Gasteiger partial charge in [-0.1, -0.05) is 60.7 Å². The Morgan fingerprint density at radius 2 is 1.48 bits per heavy atom. The van der Waals surface area contributed by atoms with Gasteiger partial charge in [-0.15, -0.1) is 0 Å². The van der Waals surface area contributed by atoms with Crippen molar-refractivity contribution in [1.82, 2.24) is 9.80 Å². The first-order valence-corrected chi connectivity index (χ1v) is 10.3. The molecule has 0 spiro atoms. The van der Waals surface area contributed by atoms with E-state index in [0.717, 1.165) is 56.6 Å². The molecule has 2 aromatic rings. The van der Waals surface area contributed by atoms with Gasteiger partial charge in [0.2, 0.25) is 5.91 Å². The van der Waals surface area contributed by atoms with Gasteiger partial charge < -0.3 is 9.80 Å². The van der Waals surface area contributed by atoms with Crippen LogP contribution in [0.2, 0.25) is 0 Å². The first-order valence-electron chi connectivity index (χ1n) is 10.3. The Balaban J connectivity index is 1.83. The van der Waals surface area contributed by atoms with Crippen molar-refractivity contribution in [2.45, 2.75) is 31.1 Å². The summed E-state index contributed by atoms with van der Waals surface area (Å²) in [7, 11) is 2.19. The lowest BCUT2D eigenvalue weighted by molar-refractivity contribution is -0.135. The number of likely N-dealkylation sites (tertiary alicyclic amines) is 2. The first-order chi connectivity index (χ1) is 13.2. The van der Waals surface area contributed by atoms with Crippen molar-refractivity contribution in [3.05, 3.63) is 71.8 Å². The average Bonchev–Trinajstić information content (AvgIpc) is 3.39. The maximum atomic E-state index is 14.0. The predicted molar refractivity (Wildman–Crippen MR) is 110 cm³/mol. The zero-order valence-corrected chi connectivity index (χ0v) is 16.3. The minimum atomic E-state index is -0.581. The van der Waals surface area contributed by atoms with E-state index in [0.29, 0.717) is 11.8 Å². The molecule has 2 fully saturated rings. The largest absolute Gasteiger partial charge is 0.342 e. The van der Waals surface area contributed by atoms with E-state index in [1.165, 1.54) is 6.42 Å². The van der Waals surface area contributed by atoms with Crippen molar-refractivity contribution in [3.8, 4) is 0 Å². The molecule has 2 saturated heterocycles. The summed E-state index contributed by atoms with van der Waals surface area (Å²) >= 11 is 0. The molecular weight excluding hydrogens is 332 g/mol. The quantitative estimate of drug-likeness (QED) is 0.804. The summed E-state index contributed by atoms with van der Waals surface area (Å²) in [6, 6.07) is 21.0. The Morgan fingerprint density at radius 3 is 1.96 bits per heavy atom. The van der Waals surface area contributed by atoms with E-state index in [9.17, 15) is 4.79 Å². The van der Waals surface area contributed by atoms with Crippen LogP contribution in [0.1, 0.15) is 36.8 Å². The number of rotatable bonds is 5. The molecule has 3 nitrogen and oxygen atoms in total. The van der Waals surface area contributed by atoms with Crippen LogP contribution in [-0.2, 0) is 10.2 Å². The zero-order chi connectivity index (χ0) is 18.7. The van der Waals surface area contributed by atoms with Gasteiger partial charge in [-0.25, -0.2) is 0 Å². The fourth-order valence-corrected chi connectivity index (χ4v) is 5.00. The molecule has 0 aliphatic carbocycles. The minimum Gasteiger partial charge on any atom is -0.342 e. The summed E-state index contributed by atoms with van der Waals surface area (Å²) in [6.07, 6.45) is 4.31. The summed E-state index contributed by atoms with van der Waals surface area (Å²) < 4.78 is 0. The second-order valence-corrected chi connectivity index (χ2v) is 8.26. The smallest absolute Gasteiger partial charge is 0.237 e. The molecule has 4 rings (SSSR count). The number of benzene rings is 2. The predicted octanol–water partition coefficient (Wildman–Crippen LogP) is 3.94. The van der Waals surface area contributed by atoms with E-state index in [2.05, 4.69) is 65.4 Å². The number of nitrogens with zero attached hydrogens (tertiary/aromatic N) is 2. The van der Waals surface area contributed by atoms with Gasteiger partial charge in [0.15, 0.2) is 0 Å². The highest BCUT2D eigenvalue weighted by atomic mass is 16.2. The van der Waals surface area contributed by atoms with Crippen LogP contribution in [0.25, 0.3) is 0 Å². The van der Waals surface area contributed by atoms with Crippen molar-refractivity contribution in [1.29, 1.82) is 0 Å². The minimum absolute atomic E-state index is 0.298. The van der Waals surface area contributed by atoms with Crippen molar-refractivity contribution in [3.63, 3.8) is 0 Å². The standard InChI is InChI=1S/C24H30N2O/c1-25-17-14-20(19-25)18-24(21-10-4-2-5-11-21,22-12-6-3-7-13-22)23(27)26-15-8-9-16-26/h2-7,10-13,20H,8-9,14-19H2,1H3/t20-/m1/s1. The Morgan fingerprint density at radius 1 is 0.926 bits per heavy atom. The van der Waals surface area contributed by atoms with E-state index >= 15 is 0 Å². The zero-order valence-electron chi connectivity index (χ0n) is 16.3. The van der Waals surface area contributed by atoms with E-state index < -0.39 is 5.41 Å². The molecular formula is C24H30N2O. The molecule has 27 heavy (non-hydrogen) atoms. The average molecular weight is 363 g/mol. The van der Waals surface area contributed by atoms with Gasteiger partial charge in [0.05, 0.1) is 5.41 Å². The molecule has 0 radical (unpaired) electrons. The Kier molecular flexibility index (Phi) is 5.31. The molecule has 2 aliphatic heterocycles. The summed E-state index contributed by atoms with van der Waals surface area (Å²) in [5.74, 6) is 0.842. The lowest BCUT2D eigenvalue weighted by Crippen LogP contribution is -2.48. The molecule has 0 bridgehead atoms. The molecule has 2 aromatic carbocycles. The highest BCUT2D eigenvalue weighted by Crippen LogP contribution is 2.42. The van der Waals surface area contributed by atoms with Crippen LogP contribution in [0.5, 0.6) is 0 Å². The normalized spacial score (nSPS) is 20.9. The lowest BCUT2D eigenvalue weighted by Gasteiger charge is -2.39. The fourth-order valence-electron chi connectivity index (χ4n) is 5.00. The molecule has 1 amide bonds. The molecule has 2 heterocycles. The molecule has 0 aromatic heterocycles. The lowest BCUT2D eigenvalue weighted by atomic mass is 9.67. The topological polar surface area (TPSA) is 23.6 Å². The summed E-state index contributed by atoms with van der Waals surface area (Å²) in [5.41, 5.74) is 1.70. The van der Waals surface area contributed by atoms with E-state index in [-0.39, 0.29) is 0 Å². The Labute approximate surface area is 163 Å². The number of hydrogen-bond acceptors (Lipinski definition) is 2. The van der Waals surface area contributed by atoms with Crippen LogP contribution in [-0.4, -0.2) is 48.9 Å². The second-order valence-electron chi connectivity index (χ2n) is 8.26. The fraction of sp³-hybridized carbons (Fsp3) is 0.458. The van der Waals surface area contributed by atoms with Crippen molar-refractivity contribution in [2.24, 2.45) is 5.92 Å². The number of carbonyl (C=O) groups excluding carboxylic acids is 1. The molecule has 0 N–H and O–H groups in total. The number of amides is 1. The van der Waals surface area contributed by atoms with Gasteiger partial charge in [-0.05, 0) is 56.3 Å². The number of carbonyl (C=O) groups is 1. The third-order valence-electron chi connectivity index (χ3n) is 6.38. The maximum absolute atomic E-state index is 14.0. The molecule has 0 saturated carbocycles. The van der Waals surface area contributed by atoms with Gasteiger partial charge in [0, 0.05) is 19.6 Å². The van der Waals surface area contributed by atoms with Crippen molar-refractivity contribution in [2.75, 3.05) is 33.2 Å². The second kappa shape index (κ2) is 7.85. The van der Waals surface area contributed by atoms with Crippen molar-refractivity contribution < 1.29 is 4.79 Å². The van der Waals surface area contributed by atoms with Crippen LogP contribution >= 0.6 is 0 Å². The summed E-state index contributed by atoms with van der Waals surface area (Å²) in [4.78, 5) is 18.6. The van der Waals surface area contributed by atoms with Crippen LogP contribution in [0.4, 0.5) is 0 Å². The highest BCUT2D eigenvalue weighted by molar-refractivity contribution is 5.92. The Hall–Kier alpha value is -2.13. The molecule has 3 heteroatoms. The SMILES string of the molecule is CN1CC[C@H](CC(C(=O)N2CCCC2)(c2ccccc2)c2ccccc2)C1. The molecule has 0 unspecified atom stereocenters. The molecule has 142 valence electrons. The third kappa shape index (κ3) is 3.53. The van der Waals surface area contributed by atoms with Gasteiger partial charge in [0.1, 0.15) is 0 Å². The van der Waals surface area contributed by atoms with Gasteiger partial charge in [-0.3, -0.25) is 4.79 Å². The Bertz CT molecular complexity index is 713. The number of hydrogen-bond donors (Lipinski definition) is 0.